The van der Waals surface area contributed by atoms with Gasteiger partial charge in [0, 0.05) is 28.6 Å². The molecular formula is C14H19N7O4. The summed E-state index contributed by atoms with van der Waals surface area (Å²) in [7, 11) is 0. The molecule has 0 aliphatic carbocycles. The number of piperidine rings is 1. The van der Waals surface area contributed by atoms with Gasteiger partial charge in [0.05, 0.1) is 25.3 Å². The van der Waals surface area contributed by atoms with Crippen molar-refractivity contribution in [1.82, 2.24) is 4.90 Å². The lowest BCUT2D eigenvalue weighted by atomic mass is 9.93. The molecule has 0 saturated carbocycles. The van der Waals surface area contributed by atoms with E-state index in [2.05, 4.69) is 20.1 Å². The van der Waals surface area contributed by atoms with Crippen molar-refractivity contribution in [1.29, 1.82) is 0 Å². The molecule has 1 fully saturated rings. The van der Waals surface area contributed by atoms with Gasteiger partial charge in [0.25, 0.3) is 0 Å². The van der Waals surface area contributed by atoms with Crippen molar-refractivity contribution in [3.8, 4) is 0 Å². The fourth-order valence-corrected chi connectivity index (χ4v) is 2.94. The van der Waals surface area contributed by atoms with Crippen LogP contribution >= 0.6 is 0 Å². The van der Waals surface area contributed by atoms with Gasteiger partial charge >= 0.3 is 0 Å². The van der Waals surface area contributed by atoms with Gasteiger partial charge in [-0.1, -0.05) is 16.3 Å². The number of hydrogen-bond acceptors (Lipinski definition) is 7. The standard InChI is InChI=1S/C14H19N7O4/c15-19-17-4-8-1-9(3-10(2-8)18-20-16)5-21-6-12(23)14(25)13(24)11(21)7-22/h1-3,11-14,22-25H,4-7H2/t11-,12+,13+,14-/m1/s1. The highest BCUT2D eigenvalue weighted by molar-refractivity contribution is 5.44. The van der Waals surface area contributed by atoms with Gasteiger partial charge in [-0.05, 0) is 34.3 Å². The molecule has 4 N–H and O–H groups in total. The maximum Gasteiger partial charge on any atom is 0.109 e. The Balaban J connectivity index is 2.29. The van der Waals surface area contributed by atoms with Crippen molar-refractivity contribution < 1.29 is 20.4 Å². The summed E-state index contributed by atoms with van der Waals surface area (Å²) in [5.74, 6) is 0. The number of hydrogen-bond donors (Lipinski definition) is 4. The van der Waals surface area contributed by atoms with Crippen molar-refractivity contribution in [2.45, 2.75) is 37.4 Å². The summed E-state index contributed by atoms with van der Waals surface area (Å²) in [5, 5.41) is 46.2. The molecular weight excluding hydrogens is 330 g/mol. The molecule has 4 atom stereocenters. The zero-order valence-corrected chi connectivity index (χ0v) is 13.3. The molecule has 1 saturated heterocycles. The van der Waals surface area contributed by atoms with E-state index in [1.807, 2.05) is 0 Å². The summed E-state index contributed by atoms with van der Waals surface area (Å²) < 4.78 is 0. The van der Waals surface area contributed by atoms with Crippen molar-refractivity contribution in [3.05, 3.63) is 50.2 Å². The van der Waals surface area contributed by atoms with E-state index in [0.29, 0.717) is 16.8 Å². The van der Waals surface area contributed by atoms with Crippen molar-refractivity contribution >= 4 is 5.69 Å². The summed E-state index contributed by atoms with van der Waals surface area (Å²) in [5.41, 5.74) is 18.7. The van der Waals surface area contributed by atoms with Gasteiger partial charge in [-0.3, -0.25) is 4.90 Å². The van der Waals surface area contributed by atoms with Crippen LogP contribution in [0.4, 0.5) is 5.69 Å². The normalized spacial score (nSPS) is 26.6. The predicted octanol–water partition coefficient (Wildman–Crippen LogP) is 0.698. The molecule has 1 aliphatic heterocycles. The maximum absolute atomic E-state index is 10.0. The molecule has 11 nitrogen and oxygen atoms in total. The number of benzene rings is 1. The number of azide groups is 2. The minimum Gasteiger partial charge on any atom is -0.395 e. The van der Waals surface area contributed by atoms with E-state index >= 15 is 0 Å². The zero-order valence-electron chi connectivity index (χ0n) is 13.3. The Kier molecular flexibility index (Phi) is 6.57. The van der Waals surface area contributed by atoms with E-state index in [4.69, 9.17) is 11.1 Å². The van der Waals surface area contributed by atoms with Crippen LogP contribution in [0.5, 0.6) is 0 Å². The molecule has 1 heterocycles. The van der Waals surface area contributed by atoms with E-state index < -0.39 is 31.0 Å². The lowest BCUT2D eigenvalue weighted by molar-refractivity contribution is -0.147. The first kappa shape index (κ1) is 19.0. The molecule has 1 aromatic rings. The first-order valence-corrected chi connectivity index (χ1v) is 7.58. The minimum absolute atomic E-state index is 0.0564. The summed E-state index contributed by atoms with van der Waals surface area (Å²) in [6, 6.07) is 4.20. The van der Waals surface area contributed by atoms with E-state index in [0.717, 1.165) is 0 Å². The average molecular weight is 349 g/mol. The molecule has 134 valence electrons. The first-order valence-electron chi connectivity index (χ1n) is 7.58. The molecule has 2 rings (SSSR count). The third kappa shape index (κ3) is 4.59. The van der Waals surface area contributed by atoms with Gasteiger partial charge in [-0.2, -0.15) is 0 Å². The molecule has 1 aromatic carbocycles. The molecule has 0 radical (unpaired) electrons. The zero-order chi connectivity index (χ0) is 18.4. The molecule has 0 aromatic heterocycles. The van der Waals surface area contributed by atoms with Crippen LogP contribution in [-0.2, 0) is 13.1 Å². The van der Waals surface area contributed by atoms with Gasteiger partial charge < -0.3 is 20.4 Å². The molecule has 0 unspecified atom stereocenters. The van der Waals surface area contributed by atoms with Crippen LogP contribution in [-0.4, -0.2) is 62.8 Å². The van der Waals surface area contributed by atoms with Crippen LogP contribution < -0.4 is 0 Å². The average Bonchev–Trinajstić information content (AvgIpc) is 2.58. The van der Waals surface area contributed by atoms with E-state index in [9.17, 15) is 20.4 Å². The Morgan fingerprint density at radius 3 is 2.44 bits per heavy atom. The maximum atomic E-state index is 10.0. The number of rotatable bonds is 6. The summed E-state index contributed by atoms with van der Waals surface area (Å²) in [6.07, 6.45) is -3.78. The highest BCUT2D eigenvalue weighted by atomic mass is 16.4. The summed E-state index contributed by atoms with van der Waals surface area (Å²) >= 11 is 0. The predicted molar refractivity (Wildman–Crippen MR) is 87.4 cm³/mol. The van der Waals surface area contributed by atoms with Crippen molar-refractivity contribution in [2.24, 2.45) is 10.2 Å². The number of aliphatic hydroxyl groups is 4. The lowest BCUT2D eigenvalue weighted by Crippen LogP contribution is -2.62. The minimum atomic E-state index is -1.33. The second-order valence-electron chi connectivity index (χ2n) is 5.81. The molecule has 1 aliphatic rings. The first-order chi connectivity index (χ1) is 12.0. The van der Waals surface area contributed by atoms with Gasteiger partial charge in [-0.15, -0.1) is 0 Å². The van der Waals surface area contributed by atoms with E-state index in [-0.39, 0.29) is 19.6 Å². The molecule has 25 heavy (non-hydrogen) atoms. The third-order valence-electron chi connectivity index (χ3n) is 4.12. The number of β-amino-alcohol motifs (C(OH)–C–C–N with tert-alkyl or cyclic N) is 1. The van der Waals surface area contributed by atoms with E-state index in [1.54, 1.807) is 23.1 Å². The van der Waals surface area contributed by atoms with Gasteiger partial charge in [0.15, 0.2) is 0 Å². The number of nitrogens with zero attached hydrogens (tertiary/aromatic N) is 7. The van der Waals surface area contributed by atoms with Crippen LogP contribution in [0.2, 0.25) is 0 Å². The molecule has 11 heteroatoms. The van der Waals surface area contributed by atoms with E-state index in [1.165, 1.54) is 0 Å². The quantitative estimate of drug-likeness (QED) is 0.334. The van der Waals surface area contributed by atoms with Crippen molar-refractivity contribution in [2.75, 3.05) is 13.2 Å². The molecule has 0 amide bonds. The van der Waals surface area contributed by atoms with Gasteiger partial charge in [0.1, 0.15) is 12.2 Å². The number of likely N-dealkylation sites (tertiary alicyclic amines) is 1. The monoisotopic (exact) mass is 349 g/mol. The fraction of sp³-hybridized carbons (Fsp3) is 0.571. The SMILES string of the molecule is [N-]=[N+]=NCc1cc(CN2C[C@H](O)[C@@H](O)[C@@H](O)[C@H]2CO)cc(N=[N+]=[N-])c1. The smallest absolute Gasteiger partial charge is 0.109 e. The van der Waals surface area contributed by atoms with Crippen LogP contribution in [0.15, 0.2) is 28.4 Å². The topological polar surface area (TPSA) is 182 Å². The highest BCUT2D eigenvalue weighted by Gasteiger charge is 2.40. The third-order valence-corrected chi connectivity index (χ3v) is 4.12. The summed E-state index contributed by atoms with van der Waals surface area (Å²) in [6.45, 7) is -0.0384. The fourth-order valence-electron chi connectivity index (χ4n) is 2.94. The Labute approximate surface area is 143 Å². The number of aliphatic hydroxyl groups excluding tert-OH is 4. The second-order valence-corrected chi connectivity index (χ2v) is 5.81. The highest BCUT2D eigenvalue weighted by Crippen LogP contribution is 2.24. The largest absolute Gasteiger partial charge is 0.395 e. The van der Waals surface area contributed by atoms with Crippen molar-refractivity contribution in [3.63, 3.8) is 0 Å². The molecule has 0 bridgehead atoms. The Hall–Kier alpha value is -2.36. The Bertz CT molecular complexity index is 702. The van der Waals surface area contributed by atoms with Crippen LogP contribution in [0.3, 0.4) is 0 Å². The molecule has 0 spiro atoms. The Morgan fingerprint density at radius 2 is 1.80 bits per heavy atom. The van der Waals surface area contributed by atoms with Crippen LogP contribution in [0, 0.1) is 0 Å². The Morgan fingerprint density at radius 1 is 1.08 bits per heavy atom. The van der Waals surface area contributed by atoms with Crippen LogP contribution in [0.25, 0.3) is 20.9 Å². The van der Waals surface area contributed by atoms with Crippen LogP contribution in [0.1, 0.15) is 11.1 Å². The lowest BCUT2D eigenvalue weighted by Gasteiger charge is -2.43. The van der Waals surface area contributed by atoms with Gasteiger partial charge in [0.2, 0.25) is 0 Å². The summed E-state index contributed by atoms with van der Waals surface area (Å²) in [4.78, 5) is 7.06. The van der Waals surface area contributed by atoms with Gasteiger partial charge in [-0.25, -0.2) is 0 Å². The second kappa shape index (κ2) is 8.65.